The fourth-order valence-corrected chi connectivity index (χ4v) is 2.37. The highest BCUT2D eigenvalue weighted by atomic mass is 32.1. The molecule has 0 spiro atoms. The van der Waals surface area contributed by atoms with E-state index in [-0.39, 0.29) is 0 Å². The highest BCUT2D eigenvalue weighted by Crippen LogP contribution is 2.28. The molecule has 0 fully saturated rings. The van der Waals surface area contributed by atoms with Crippen LogP contribution in [-0.2, 0) is 6.54 Å². The van der Waals surface area contributed by atoms with Gasteiger partial charge in [-0.15, -0.1) is 11.3 Å². The van der Waals surface area contributed by atoms with Gasteiger partial charge in [0.15, 0.2) is 0 Å². The van der Waals surface area contributed by atoms with E-state index >= 15 is 0 Å². The molecule has 0 aliphatic carbocycles. The lowest BCUT2D eigenvalue weighted by Crippen LogP contribution is -2.29. The second kappa shape index (κ2) is 5.95. The van der Waals surface area contributed by atoms with Crippen LogP contribution in [0.25, 0.3) is 10.4 Å². The molecule has 0 amide bonds. The van der Waals surface area contributed by atoms with E-state index in [4.69, 9.17) is 4.74 Å². The summed E-state index contributed by atoms with van der Waals surface area (Å²) in [6.07, 6.45) is 1.91. The molecule has 0 saturated heterocycles. The predicted molar refractivity (Wildman–Crippen MR) is 74.6 cm³/mol. The number of hydrogen-bond donors (Lipinski definition) is 1. The normalized spacial score (nSPS) is 10.9. The first kappa shape index (κ1) is 13.0. The van der Waals surface area contributed by atoms with Gasteiger partial charge in [0.05, 0.1) is 18.5 Å². The van der Waals surface area contributed by atoms with Crippen LogP contribution >= 0.6 is 11.3 Å². The molecule has 1 N–H and O–H groups in total. The average Bonchev–Trinajstić information content (AvgIpc) is 2.85. The summed E-state index contributed by atoms with van der Waals surface area (Å²) in [5, 5.41) is 2.99. The summed E-state index contributed by atoms with van der Waals surface area (Å²) in [7, 11) is 5.62. The molecular formula is C13H17N3OS. The van der Waals surface area contributed by atoms with Crippen LogP contribution in [0.3, 0.4) is 0 Å². The van der Waals surface area contributed by atoms with Crippen molar-refractivity contribution in [3.8, 4) is 16.2 Å². The van der Waals surface area contributed by atoms with Crippen LogP contribution in [0.15, 0.2) is 30.5 Å². The number of ether oxygens (including phenoxy) is 1. The molecule has 1 heterocycles. The molecule has 96 valence electrons. The third kappa shape index (κ3) is 3.29. The van der Waals surface area contributed by atoms with Crippen LogP contribution < -0.4 is 10.2 Å². The number of benzene rings is 1. The van der Waals surface area contributed by atoms with Crippen LogP contribution in [0, 0.1) is 0 Å². The van der Waals surface area contributed by atoms with Crippen LogP contribution in [0.4, 0.5) is 0 Å². The van der Waals surface area contributed by atoms with Crippen LogP contribution in [0.5, 0.6) is 5.75 Å². The smallest absolute Gasteiger partial charge is 0.119 e. The minimum Gasteiger partial charge on any atom is -0.497 e. The molecular weight excluding hydrogens is 246 g/mol. The van der Waals surface area contributed by atoms with Gasteiger partial charge in [-0.2, -0.15) is 0 Å². The van der Waals surface area contributed by atoms with E-state index in [9.17, 15) is 0 Å². The van der Waals surface area contributed by atoms with E-state index in [1.165, 1.54) is 0 Å². The zero-order chi connectivity index (χ0) is 13.0. The third-order valence-electron chi connectivity index (χ3n) is 2.45. The molecule has 0 aliphatic rings. The molecule has 0 saturated carbocycles. The van der Waals surface area contributed by atoms with Crippen molar-refractivity contribution in [3.63, 3.8) is 0 Å². The minimum absolute atomic E-state index is 0.752. The van der Waals surface area contributed by atoms with Crippen molar-refractivity contribution < 1.29 is 4.74 Å². The maximum atomic E-state index is 5.23. The number of hydrogen-bond acceptors (Lipinski definition) is 5. The first-order valence-corrected chi connectivity index (χ1v) is 6.50. The van der Waals surface area contributed by atoms with Gasteiger partial charge in [-0.1, -0.05) is 12.1 Å². The standard InChI is InChI=1S/C13H17N3OS/c1-16(2)15-9-13-14-8-12(18-13)10-5-4-6-11(7-10)17-3/h4-8,15H,9H2,1-3H3. The molecule has 5 heteroatoms. The van der Waals surface area contributed by atoms with Crippen LogP contribution in [0.1, 0.15) is 5.01 Å². The van der Waals surface area contributed by atoms with Gasteiger partial charge in [-0.25, -0.2) is 10.4 Å². The molecule has 0 atom stereocenters. The Bertz CT molecular complexity index is 510. The lowest BCUT2D eigenvalue weighted by Gasteiger charge is -2.09. The lowest BCUT2D eigenvalue weighted by molar-refractivity contribution is 0.286. The van der Waals surface area contributed by atoms with Gasteiger partial charge < -0.3 is 4.74 Å². The number of aromatic nitrogens is 1. The van der Waals surface area contributed by atoms with Gasteiger partial charge in [-0.05, 0) is 17.7 Å². The number of thiazole rings is 1. The molecule has 0 unspecified atom stereocenters. The van der Waals surface area contributed by atoms with Crippen LogP contribution in [0.2, 0.25) is 0 Å². The van der Waals surface area contributed by atoms with Gasteiger partial charge in [0.1, 0.15) is 10.8 Å². The second-order valence-electron chi connectivity index (χ2n) is 4.08. The summed E-state index contributed by atoms with van der Waals surface area (Å²) in [5.74, 6) is 0.869. The first-order chi connectivity index (χ1) is 8.69. The zero-order valence-electron chi connectivity index (χ0n) is 10.8. The molecule has 1 aromatic heterocycles. The molecule has 0 radical (unpaired) electrons. The van der Waals surface area contributed by atoms with E-state index in [1.807, 2.05) is 43.5 Å². The van der Waals surface area contributed by atoms with Crippen molar-refractivity contribution in [2.75, 3.05) is 21.2 Å². The molecule has 2 rings (SSSR count). The summed E-state index contributed by atoms with van der Waals surface area (Å²) < 4.78 is 5.23. The van der Waals surface area contributed by atoms with E-state index in [2.05, 4.69) is 16.5 Å². The average molecular weight is 263 g/mol. The topological polar surface area (TPSA) is 37.4 Å². The zero-order valence-corrected chi connectivity index (χ0v) is 11.6. The van der Waals surface area contributed by atoms with Gasteiger partial charge in [-0.3, -0.25) is 5.01 Å². The van der Waals surface area contributed by atoms with Crippen molar-refractivity contribution in [2.24, 2.45) is 0 Å². The Balaban J connectivity index is 2.13. The fraction of sp³-hybridized carbons (Fsp3) is 0.308. The van der Waals surface area contributed by atoms with Gasteiger partial charge >= 0.3 is 0 Å². The number of methoxy groups -OCH3 is 1. The minimum atomic E-state index is 0.752. The predicted octanol–water partition coefficient (Wildman–Crippen LogP) is 2.38. The monoisotopic (exact) mass is 263 g/mol. The number of rotatable bonds is 5. The quantitative estimate of drug-likeness (QED) is 0.841. The van der Waals surface area contributed by atoms with Gasteiger partial charge in [0.25, 0.3) is 0 Å². The number of hydrazine groups is 1. The molecule has 0 bridgehead atoms. The van der Waals surface area contributed by atoms with Crippen molar-refractivity contribution in [3.05, 3.63) is 35.5 Å². The molecule has 18 heavy (non-hydrogen) atoms. The van der Waals surface area contributed by atoms with E-state index in [1.54, 1.807) is 18.4 Å². The highest BCUT2D eigenvalue weighted by molar-refractivity contribution is 7.15. The Hall–Kier alpha value is -1.43. The third-order valence-corrected chi connectivity index (χ3v) is 3.50. The summed E-state index contributed by atoms with van der Waals surface area (Å²) in [6, 6.07) is 8.03. The van der Waals surface area contributed by atoms with Gasteiger partial charge in [0, 0.05) is 20.3 Å². The maximum Gasteiger partial charge on any atom is 0.119 e. The Kier molecular flexibility index (Phi) is 4.30. The summed E-state index contributed by atoms with van der Waals surface area (Å²) in [6.45, 7) is 0.752. The second-order valence-corrected chi connectivity index (χ2v) is 5.19. The summed E-state index contributed by atoms with van der Waals surface area (Å²) in [5.41, 5.74) is 4.35. The SMILES string of the molecule is COc1cccc(-c2cnc(CNN(C)C)s2)c1. The Morgan fingerprint density at radius 1 is 1.39 bits per heavy atom. The number of nitrogens with zero attached hydrogens (tertiary/aromatic N) is 2. The Labute approximate surface area is 111 Å². The largest absolute Gasteiger partial charge is 0.497 e. The van der Waals surface area contributed by atoms with Crippen molar-refractivity contribution in [1.29, 1.82) is 0 Å². The first-order valence-electron chi connectivity index (χ1n) is 5.69. The van der Waals surface area contributed by atoms with Crippen molar-refractivity contribution >= 4 is 11.3 Å². The lowest BCUT2D eigenvalue weighted by atomic mass is 10.2. The summed E-state index contributed by atoms with van der Waals surface area (Å²) >= 11 is 1.69. The van der Waals surface area contributed by atoms with Crippen molar-refractivity contribution in [2.45, 2.75) is 6.54 Å². The molecule has 1 aromatic carbocycles. The Morgan fingerprint density at radius 3 is 2.94 bits per heavy atom. The molecule has 0 aliphatic heterocycles. The fourth-order valence-electron chi connectivity index (χ4n) is 1.53. The van der Waals surface area contributed by atoms with Crippen LogP contribution in [-0.4, -0.2) is 31.2 Å². The summed E-state index contributed by atoms with van der Waals surface area (Å²) in [4.78, 5) is 5.57. The molecule has 2 aromatic rings. The van der Waals surface area contributed by atoms with E-state index in [0.29, 0.717) is 0 Å². The van der Waals surface area contributed by atoms with E-state index in [0.717, 1.165) is 27.7 Å². The highest BCUT2D eigenvalue weighted by Gasteiger charge is 2.05. The maximum absolute atomic E-state index is 5.23. The molecule has 4 nitrogen and oxygen atoms in total. The van der Waals surface area contributed by atoms with E-state index < -0.39 is 0 Å². The van der Waals surface area contributed by atoms with Gasteiger partial charge in [0.2, 0.25) is 0 Å². The van der Waals surface area contributed by atoms with Crippen molar-refractivity contribution in [1.82, 2.24) is 15.4 Å². The Morgan fingerprint density at radius 2 is 2.22 bits per heavy atom. The number of nitrogens with one attached hydrogen (secondary N) is 1.